The molecular weight excluding hydrogens is 268 g/mol. The number of benzene rings is 1. The van der Waals surface area contributed by atoms with Crippen LogP contribution in [-0.4, -0.2) is 15.6 Å². The van der Waals surface area contributed by atoms with Crippen LogP contribution in [-0.2, 0) is 0 Å². The predicted octanol–water partition coefficient (Wildman–Crippen LogP) is 3.15. The Labute approximate surface area is 102 Å². The van der Waals surface area contributed by atoms with E-state index in [0.717, 1.165) is 15.7 Å². The Kier molecular flexibility index (Phi) is 2.92. The summed E-state index contributed by atoms with van der Waals surface area (Å²) in [6, 6.07) is 5.55. The van der Waals surface area contributed by atoms with Gasteiger partial charge in [-0.3, -0.25) is 4.79 Å². The minimum absolute atomic E-state index is 0.0376. The highest BCUT2D eigenvalue weighted by atomic mass is 79.9. The average Bonchev–Trinajstić information content (AvgIpc) is 2.64. The Morgan fingerprint density at radius 1 is 1.44 bits per heavy atom. The Balaban J connectivity index is 2.62. The Morgan fingerprint density at radius 2 is 2.19 bits per heavy atom. The van der Waals surface area contributed by atoms with Crippen LogP contribution in [0.1, 0.15) is 22.8 Å². The topological polar surface area (TPSA) is 34.9 Å². The zero-order valence-electron chi connectivity index (χ0n) is 9.07. The fraction of sp³-hybridized carbons (Fsp3) is 0.167. The van der Waals surface area contributed by atoms with Crippen molar-refractivity contribution in [3.63, 3.8) is 0 Å². The molecule has 4 heteroatoms. The van der Waals surface area contributed by atoms with Crippen LogP contribution in [0.15, 0.2) is 35.1 Å². The number of halogens is 1. The summed E-state index contributed by atoms with van der Waals surface area (Å²) in [5.74, 6) is 0.0376. The number of hydrogen-bond acceptors (Lipinski definition) is 2. The Bertz CT molecular complexity index is 546. The zero-order valence-corrected chi connectivity index (χ0v) is 10.7. The van der Waals surface area contributed by atoms with Crippen molar-refractivity contribution in [2.24, 2.45) is 0 Å². The zero-order chi connectivity index (χ0) is 11.7. The summed E-state index contributed by atoms with van der Waals surface area (Å²) < 4.78 is 2.65. The van der Waals surface area contributed by atoms with E-state index in [9.17, 15) is 4.79 Å². The van der Waals surface area contributed by atoms with Crippen LogP contribution in [0.5, 0.6) is 0 Å². The number of Topliss-reactive ketones (excluding diaryl/α,β-unsaturated/α-hetero) is 1. The molecule has 0 aliphatic carbocycles. The summed E-state index contributed by atoms with van der Waals surface area (Å²) in [6.07, 6.45) is 3.67. The number of carbonyl (C=O) groups is 1. The second-order valence-electron chi connectivity index (χ2n) is 3.68. The van der Waals surface area contributed by atoms with Crippen LogP contribution in [0, 0.1) is 6.92 Å². The van der Waals surface area contributed by atoms with Crippen molar-refractivity contribution in [1.82, 2.24) is 9.78 Å². The first kappa shape index (κ1) is 11.1. The minimum Gasteiger partial charge on any atom is -0.294 e. The fourth-order valence-electron chi connectivity index (χ4n) is 1.54. The molecule has 0 saturated carbocycles. The average molecular weight is 279 g/mol. The highest BCUT2D eigenvalue weighted by molar-refractivity contribution is 9.10. The first-order valence-corrected chi connectivity index (χ1v) is 5.69. The molecule has 2 aromatic rings. The first-order chi connectivity index (χ1) is 7.58. The molecule has 1 aromatic carbocycles. The third kappa shape index (κ3) is 2.07. The monoisotopic (exact) mass is 278 g/mol. The Hall–Kier alpha value is -1.42. The molecule has 0 N–H and O–H groups in total. The van der Waals surface area contributed by atoms with E-state index < -0.39 is 0 Å². The molecule has 0 aliphatic heterocycles. The van der Waals surface area contributed by atoms with E-state index in [-0.39, 0.29) is 5.78 Å². The van der Waals surface area contributed by atoms with E-state index in [1.54, 1.807) is 23.9 Å². The van der Waals surface area contributed by atoms with Crippen LogP contribution in [0.25, 0.3) is 5.69 Å². The molecule has 0 fully saturated rings. The molecule has 16 heavy (non-hydrogen) atoms. The van der Waals surface area contributed by atoms with Gasteiger partial charge in [0.25, 0.3) is 0 Å². The number of aryl methyl sites for hydroxylation is 1. The van der Waals surface area contributed by atoms with Gasteiger partial charge < -0.3 is 0 Å². The molecular formula is C12H11BrN2O. The standard InChI is InChI=1S/C12H11BrN2O/c1-8-6-14-15(7-8)12-5-10(13)3-4-11(12)9(2)16/h3-7H,1-2H3. The van der Waals surface area contributed by atoms with Gasteiger partial charge in [-0.25, -0.2) is 4.68 Å². The van der Waals surface area contributed by atoms with Gasteiger partial charge in [-0.05, 0) is 37.6 Å². The van der Waals surface area contributed by atoms with Gasteiger partial charge in [0.1, 0.15) is 0 Å². The van der Waals surface area contributed by atoms with Crippen LogP contribution in [0.2, 0.25) is 0 Å². The smallest absolute Gasteiger partial charge is 0.161 e. The molecule has 0 saturated heterocycles. The molecule has 82 valence electrons. The van der Waals surface area contributed by atoms with Crippen molar-refractivity contribution in [2.75, 3.05) is 0 Å². The molecule has 0 radical (unpaired) electrons. The van der Waals surface area contributed by atoms with Crippen molar-refractivity contribution in [1.29, 1.82) is 0 Å². The summed E-state index contributed by atoms with van der Waals surface area (Å²) in [5, 5.41) is 4.21. The maximum atomic E-state index is 11.5. The summed E-state index contributed by atoms with van der Waals surface area (Å²) in [4.78, 5) is 11.5. The van der Waals surface area contributed by atoms with E-state index in [2.05, 4.69) is 21.0 Å². The summed E-state index contributed by atoms with van der Waals surface area (Å²) in [6.45, 7) is 3.53. The van der Waals surface area contributed by atoms with E-state index >= 15 is 0 Å². The number of nitrogens with zero attached hydrogens (tertiary/aromatic N) is 2. The summed E-state index contributed by atoms with van der Waals surface area (Å²) >= 11 is 3.40. The molecule has 2 rings (SSSR count). The lowest BCUT2D eigenvalue weighted by Crippen LogP contribution is -2.03. The maximum Gasteiger partial charge on any atom is 0.161 e. The van der Waals surface area contributed by atoms with Crippen molar-refractivity contribution >= 4 is 21.7 Å². The normalized spacial score (nSPS) is 10.4. The number of ketones is 1. The molecule has 1 aromatic heterocycles. The lowest BCUT2D eigenvalue weighted by molar-refractivity contribution is 0.101. The predicted molar refractivity (Wildman–Crippen MR) is 66.0 cm³/mol. The van der Waals surface area contributed by atoms with Crippen LogP contribution < -0.4 is 0 Å². The lowest BCUT2D eigenvalue weighted by Gasteiger charge is -2.07. The third-order valence-electron chi connectivity index (χ3n) is 2.30. The molecule has 0 amide bonds. The van der Waals surface area contributed by atoms with E-state index in [0.29, 0.717) is 5.56 Å². The number of hydrogen-bond donors (Lipinski definition) is 0. The van der Waals surface area contributed by atoms with Gasteiger partial charge in [-0.15, -0.1) is 0 Å². The van der Waals surface area contributed by atoms with Gasteiger partial charge in [-0.1, -0.05) is 15.9 Å². The second kappa shape index (κ2) is 4.22. The molecule has 0 spiro atoms. The van der Waals surface area contributed by atoms with E-state index in [1.807, 2.05) is 25.3 Å². The van der Waals surface area contributed by atoms with Gasteiger partial charge >= 0.3 is 0 Å². The van der Waals surface area contributed by atoms with Gasteiger partial charge in [0, 0.05) is 16.2 Å². The quantitative estimate of drug-likeness (QED) is 0.791. The first-order valence-electron chi connectivity index (χ1n) is 4.90. The third-order valence-corrected chi connectivity index (χ3v) is 2.79. The molecule has 3 nitrogen and oxygen atoms in total. The summed E-state index contributed by atoms with van der Waals surface area (Å²) in [5.41, 5.74) is 2.54. The highest BCUT2D eigenvalue weighted by Gasteiger charge is 2.10. The molecule has 0 unspecified atom stereocenters. The molecule has 0 aliphatic rings. The van der Waals surface area contributed by atoms with Crippen molar-refractivity contribution in [2.45, 2.75) is 13.8 Å². The van der Waals surface area contributed by atoms with Crippen molar-refractivity contribution in [3.8, 4) is 5.69 Å². The van der Waals surface area contributed by atoms with Gasteiger partial charge in [0.15, 0.2) is 5.78 Å². The maximum absolute atomic E-state index is 11.5. The number of rotatable bonds is 2. The number of aromatic nitrogens is 2. The van der Waals surface area contributed by atoms with Crippen molar-refractivity contribution in [3.05, 3.63) is 46.2 Å². The number of carbonyl (C=O) groups excluding carboxylic acids is 1. The largest absolute Gasteiger partial charge is 0.294 e. The van der Waals surface area contributed by atoms with Gasteiger partial charge in [0.2, 0.25) is 0 Å². The Morgan fingerprint density at radius 3 is 2.75 bits per heavy atom. The van der Waals surface area contributed by atoms with Crippen LogP contribution in [0.4, 0.5) is 0 Å². The molecule has 1 heterocycles. The summed E-state index contributed by atoms with van der Waals surface area (Å²) in [7, 11) is 0. The van der Waals surface area contributed by atoms with Crippen LogP contribution >= 0.6 is 15.9 Å². The van der Waals surface area contributed by atoms with Crippen molar-refractivity contribution < 1.29 is 4.79 Å². The van der Waals surface area contributed by atoms with Crippen LogP contribution in [0.3, 0.4) is 0 Å². The lowest BCUT2D eigenvalue weighted by atomic mass is 10.1. The van der Waals surface area contributed by atoms with E-state index in [4.69, 9.17) is 0 Å². The van der Waals surface area contributed by atoms with E-state index in [1.165, 1.54) is 0 Å². The molecule has 0 bridgehead atoms. The molecule has 0 atom stereocenters. The highest BCUT2D eigenvalue weighted by Crippen LogP contribution is 2.20. The SMILES string of the molecule is CC(=O)c1ccc(Br)cc1-n1cc(C)cn1. The second-order valence-corrected chi connectivity index (χ2v) is 4.60. The van der Waals surface area contributed by atoms with Gasteiger partial charge in [0.05, 0.1) is 11.9 Å². The minimum atomic E-state index is 0.0376. The van der Waals surface area contributed by atoms with Gasteiger partial charge in [-0.2, -0.15) is 5.10 Å². The fourth-order valence-corrected chi connectivity index (χ4v) is 1.89.